The van der Waals surface area contributed by atoms with Crippen molar-refractivity contribution in [3.05, 3.63) is 90.0 Å². The molecule has 3 amide bonds. The lowest BCUT2D eigenvalue weighted by molar-refractivity contribution is -0.139. The van der Waals surface area contributed by atoms with Gasteiger partial charge in [-0.05, 0) is 72.4 Å². The molecule has 3 atom stereocenters. The molecule has 0 unspecified atom stereocenters. The largest absolute Gasteiger partial charge is 0.497 e. The third-order valence-electron chi connectivity index (χ3n) is 7.32. The van der Waals surface area contributed by atoms with Crippen molar-refractivity contribution in [2.45, 2.75) is 38.4 Å². The van der Waals surface area contributed by atoms with Crippen molar-refractivity contribution in [3.63, 3.8) is 0 Å². The van der Waals surface area contributed by atoms with Gasteiger partial charge in [-0.1, -0.05) is 37.3 Å². The molecule has 5 rings (SSSR count). The summed E-state index contributed by atoms with van der Waals surface area (Å²) in [4.78, 5) is 40.6. The predicted molar refractivity (Wildman–Crippen MR) is 142 cm³/mol. The van der Waals surface area contributed by atoms with E-state index in [1.807, 2.05) is 54.6 Å². The standard InChI is InChI=1S/C30H31N3O5/c1-30-16-25(29(36)31-18-20-7-6-10-24(15-20)37-2)33(26(30)17-30)27(34)19-32-28(35)21-11-13-23(14-12-21)38-22-8-4-3-5-9-22/h3-15,25-26H,16-19H2,1-2H3,(H,31,36)(H,32,35)/t25-,26-,30+/m0/s1. The summed E-state index contributed by atoms with van der Waals surface area (Å²) >= 11 is 0. The summed E-state index contributed by atoms with van der Waals surface area (Å²) in [6.45, 7) is 2.27. The molecule has 1 aliphatic heterocycles. The van der Waals surface area contributed by atoms with Crippen molar-refractivity contribution in [1.29, 1.82) is 0 Å². The SMILES string of the molecule is COc1cccc(CNC(=O)[C@@H]2C[C@]3(C)C[C@@H]3N2C(=O)CNC(=O)c2ccc(Oc3ccccc3)cc2)c1. The highest BCUT2D eigenvalue weighted by atomic mass is 16.5. The van der Waals surface area contributed by atoms with Crippen LogP contribution in [0, 0.1) is 5.41 Å². The number of fused-ring (bicyclic) bond motifs is 1. The van der Waals surface area contributed by atoms with Crippen molar-refractivity contribution < 1.29 is 23.9 Å². The van der Waals surface area contributed by atoms with Crippen molar-refractivity contribution in [2.24, 2.45) is 5.41 Å². The number of nitrogens with one attached hydrogen (secondary N) is 2. The smallest absolute Gasteiger partial charge is 0.251 e. The van der Waals surface area contributed by atoms with Crippen LogP contribution in [0.5, 0.6) is 17.2 Å². The molecule has 8 heteroatoms. The topological polar surface area (TPSA) is 97.0 Å². The quantitative estimate of drug-likeness (QED) is 0.452. The van der Waals surface area contributed by atoms with Crippen LogP contribution in [0.15, 0.2) is 78.9 Å². The van der Waals surface area contributed by atoms with Crippen molar-refractivity contribution in [1.82, 2.24) is 15.5 Å². The minimum atomic E-state index is -0.553. The van der Waals surface area contributed by atoms with E-state index >= 15 is 0 Å². The molecule has 38 heavy (non-hydrogen) atoms. The number of carbonyl (C=O) groups excluding carboxylic acids is 3. The molecule has 2 aliphatic rings. The Labute approximate surface area is 221 Å². The van der Waals surface area contributed by atoms with Gasteiger partial charge >= 0.3 is 0 Å². The molecule has 1 saturated heterocycles. The average Bonchev–Trinajstić information content (AvgIpc) is 3.51. The van der Waals surface area contributed by atoms with Crippen molar-refractivity contribution in [3.8, 4) is 17.2 Å². The summed E-state index contributed by atoms with van der Waals surface area (Å²) < 4.78 is 11.0. The predicted octanol–water partition coefficient (Wildman–Crippen LogP) is 3.91. The van der Waals surface area contributed by atoms with E-state index in [-0.39, 0.29) is 35.7 Å². The fourth-order valence-electron chi connectivity index (χ4n) is 5.10. The van der Waals surface area contributed by atoms with Crippen LogP contribution in [-0.2, 0) is 16.1 Å². The Bertz CT molecular complexity index is 1330. The van der Waals surface area contributed by atoms with Gasteiger partial charge in [0.05, 0.1) is 13.7 Å². The number of carbonyl (C=O) groups is 3. The van der Waals surface area contributed by atoms with Crippen LogP contribution in [0.4, 0.5) is 0 Å². The van der Waals surface area contributed by atoms with E-state index in [0.29, 0.717) is 30.0 Å². The van der Waals surface area contributed by atoms with Crippen LogP contribution in [-0.4, -0.2) is 48.4 Å². The first-order valence-electron chi connectivity index (χ1n) is 12.7. The lowest BCUT2D eigenvalue weighted by Gasteiger charge is -2.27. The number of piperidine rings is 1. The summed E-state index contributed by atoms with van der Waals surface area (Å²) in [5.74, 6) is 1.23. The minimum Gasteiger partial charge on any atom is -0.497 e. The van der Waals surface area contributed by atoms with Crippen LogP contribution in [0.2, 0.25) is 0 Å². The van der Waals surface area contributed by atoms with Gasteiger partial charge in [-0.25, -0.2) is 0 Å². The van der Waals surface area contributed by atoms with E-state index in [2.05, 4.69) is 17.6 Å². The van der Waals surface area contributed by atoms with Gasteiger partial charge in [-0.3, -0.25) is 14.4 Å². The molecule has 196 valence electrons. The molecule has 8 nitrogen and oxygen atoms in total. The number of amides is 3. The fraction of sp³-hybridized carbons (Fsp3) is 0.300. The first-order chi connectivity index (χ1) is 18.4. The van der Waals surface area contributed by atoms with Gasteiger partial charge in [-0.2, -0.15) is 0 Å². The Morgan fingerprint density at radius 3 is 2.34 bits per heavy atom. The normalized spacial score (nSPS) is 21.3. The summed E-state index contributed by atoms with van der Waals surface area (Å²) in [7, 11) is 1.60. The molecule has 1 aliphatic carbocycles. The minimum absolute atomic E-state index is 0.0221. The Morgan fingerprint density at radius 1 is 0.895 bits per heavy atom. The van der Waals surface area contributed by atoms with Gasteiger partial charge < -0.3 is 25.0 Å². The molecule has 1 heterocycles. The monoisotopic (exact) mass is 513 g/mol. The Balaban J connectivity index is 1.16. The van der Waals surface area contributed by atoms with E-state index in [9.17, 15) is 14.4 Å². The second kappa shape index (κ2) is 10.6. The second-order valence-corrected chi connectivity index (χ2v) is 10.1. The third-order valence-corrected chi connectivity index (χ3v) is 7.32. The molecule has 0 bridgehead atoms. The highest BCUT2D eigenvalue weighted by Crippen LogP contribution is 2.59. The highest BCUT2D eigenvalue weighted by Gasteiger charge is 2.64. The number of nitrogens with zero attached hydrogens (tertiary/aromatic N) is 1. The van der Waals surface area contributed by atoms with Crippen molar-refractivity contribution in [2.75, 3.05) is 13.7 Å². The number of benzene rings is 3. The highest BCUT2D eigenvalue weighted by molar-refractivity contribution is 5.97. The first-order valence-corrected chi connectivity index (χ1v) is 12.7. The molecule has 0 radical (unpaired) electrons. The number of hydrogen-bond acceptors (Lipinski definition) is 5. The van der Waals surface area contributed by atoms with E-state index < -0.39 is 6.04 Å². The summed E-state index contributed by atoms with van der Waals surface area (Å²) in [5.41, 5.74) is 1.28. The van der Waals surface area contributed by atoms with Crippen LogP contribution < -0.4 is 20.1 Å². The van der Waals surface area contributed by atoms with E-state index in [1.54, 1.807) is 36.3 Å². The van der Waals surface area contributed by atoms with Crippen LogP contribution in [0.1, 0.15) is 35.7 Å². The maximum absolute atomic E-state index is 13.2. The molecule has 2 fully saturated rings. The molecule has 3 aromatic rings. The third kappa shape index (κ3) is 5.49. The van der Waals surface area contributed by atoms with Gasteiger partial charge in [0.2, 0.25) is 11.8 Å². The molecular formula is C30H31N3O5. The van der Waals surface area contributed by atoms with Gasteiger partial charge in [0.1, 0.15) is 23.3 Å². The van der Waals surface area contributed by atoms with Crippen LogP contribution in [0.3, 0.4) is 0 Å². The number of methoxy groups -OCH3 is 1. The molecule has 0 spiro atoms. The van der Waals surface area contributed by atoms with Gasteiger partial charge in [0.25, 0.3) is 5.91 Å². The summed E-state index contributed by atoms with van der Waals surface area (Å²) in [6, 6.07) is 23.1. The molecule has 0 aromatic heterocycles. The van der Waals surface area contributed by atoms with Gasteiger partial charge in [-0.15, -0.1) is 0 Å². The zero-order valence-electron chi connectivity index (χ0n) is 21.5. The van der Waals surface area contributed by atoms with Crippen LogP contribution >= 0.6 is 0 Å². The van der Waals surface area contributed by atoms with E-state index in [4.69, 9.17) is 9.47 Å². The Kier molecular flexibility index (Phi) is 7.05. The van der Waals surface area contributed by atoms with Gasteiger partial charge in [0.15, 0.2) is 0 Å². The maximum atomic E-state index is 13.2. The lowest BCUT2D eigenvalue weighted by atomic mass is 10.0. The fourth-order valence-corrected chi connectivity index (χ4v) is 5.10. The zero-order valence-corrected chi connectivity index (χ0v) is 21.5. The molecule has 3 aromatic carbocycles. The summed E-state index contributed by atoms with van der Waals surface area (Å²) in [5, 5.41) is 5.67. The van der Waals surface area contributed by atoms with E-state index in [1.165, 1.54) is 0 Å². The molecule has 1 saturated carbocycles. The zero-order chi connectivity index (χ0) is 26.7. The lowest BCUT2D eigenvalue weighted by Crippen LogP contribution is -2.50. The average molecular weight is 514 g/mol. The number of ether oxygens (including phenoxy) is 2. The van der Waals surface area contributed by atoms with Crippen LogP contribution in [0.25, 0.3) is 0 Å². The Hall–Kier alpha value is -4.33. The van der Waals surface area contributed by atoms with E-state index in [0.717, 1.165) is 17.7 Å². The maximum Gasteiger partial charge on any atom is 0.251 e. The first kappa shape index (κ1) is 25.3. The summed E-state index contributed by atoms with van der Waals surface area (Å²) in [6.07, 6.45) is 1.49. The number of rotatable bonds is 9. The van der Waals surface area contributed by atoms with Crippen molar-refractivity contribution >= 4 is 17.7 Å². The number of likely N-dealkylation sites (tertiary alicyclic amines) is 1. The second-order valence-electron chi connectivity index (χ2n) is 10.1. The Morgan fingerprint density at radius 2 is 1.61 bits per heavy atom. The number of hydrogen-bond donors (Lipinski definition) is 2. The van der Waals surface area contributed by atoms with Gasteiger partial charge in [0, 0.05) is 18.2 Å². The molecular weight excluding hydrogens is 482 g/mol. The number of para-hydroxylation sites is 1. The molecule has 2 N–H and O–H groups in total.